The standard InChI is InChI=1S/C20H24N2O6/c23-18(21-14-5-6-16-17(10-14)27-8-7-26-16)12-28-20(25)13-9-19(24)22(11-13)15-3-1-2-4-15/h5-6,10,13,15H,1-4,7-9,11-12H2,(H,21,23)/t13-/m1/s1. The monoisotopic (exact) mass is 388 g/mol. The van der Waals surface area contributed by atoms with Gasteiger partial charge in [-0.25, -0.2) is 0 Å². The van der Waals surface area contributed by atoms with Crippen molar-refractivity contribution in [3.05, 3.63) is 18.2 Å². The summed E-state index contributed by atoms with van der Waals surface area (Å²) in [6.07, 6.45) is 4.43. The van der Waals surface area contributed by atoms with Crippen LogP contribution in [0.5, 0.6) is 11.5 Å². The van der Waals surface area contributed by atoms with Gasteiger partial charge < -0.3 is 24.4 Å². The van der Waals surface area contributed by atoms with Crippen molar-refractivity contribution in [2.45, 2.75) is 38.1 Å². The van der Waals surface area contributed by atoms with Gasteiger partial charge in [-0.15, -0.1) is 0 Å². The number of anilines is 1. The van der Waals surface area contributed by atoms with Crippen LogP contribution >= 0.6 is 0 Å². The normalized spacial score (nSPS) is 21.6. The first-order valence-corrected chi connectivity index (χ1v) is 9.76. The van der Waals surface area contributed by atoms with Crippen LogP contribution < -0.4 is 14.8 Å². The lowest BCUT2D eigenvalue weighted by Crippen LogP contribution is -2.35. The lowest BCUT2D eigenvalue weighted by molar-refractivity contribution is -0.151. The second-order valence-electron chi connectivity index (χ2n) is 7.40. The van der Waals surface area contributed by atoms with Crippen LogP contribution in [0.25, 0.3) is 0 Å². The average molecular weight is 388 g/mol. The number of hydrogen-bond donors (Lipinski definition) is 1. The number of nitrogens with zero attached hydrogens (tertiary/aromatic N) is 1. The molecule has 1 saturated carbocycles. The number of carbonyl (C=O) groups is 3. The van der Waals surface area contributed by atoms with Crippen molar-refractivity contribution < 1.29 is 28.6 Å². The first kappa shape index (κ1) is 18.6. The Bertz CT molecular complexity index is 774. The lowest BCUT2D eigenvalue weighted by Gasteiger charge is -2.23. The summed E-state index contributed by atoms with van der Waals surface area (Å²) in [7, 11) is 0. The molecule has 2 aliphatic heterocycles. The zero-order valence-electron chi connectivity index (χ0n) is 15.6. The molecule has 0 unspecified atom stereocenters. The molecule has 150 valence electrons. The molecule has 0 aromatic heterocycles. The van der Waals surface area contributed by atoms with E-state index in [-0.39, 0.29) is 25.0 Å². The molecular formula is C20H24N2O6. The van der Waals surface area contributed by atoms with Crippen molar-refractivity contribution in [1.29, 1.82) is 0 Å². The minimum atomic E-state index is -0.494. The third kappa shape index (κ3) is 4.05. The van der Waals surface area contributed by atoms with Crippen molar-refractivity contribution in [3.63, 3.8) is 0 Å². The summed E-state index contributed by atoms with van der Waals surface area (Å²) < 4.78 is 16.1. The van der Waals surface area contributed by atoms with Crippen LogP contribution in [0.3, 0.4) is 0 Å². The Morgan fingerprint density at radius 2 is 1.89 bits per heavy atom. The molecule has 1 saturated heterocycles. The molecule has 1 N–H and O–H groups in total. The number of esters is 1. The van der Waals surface area contributed by atoms with Gasteiger partial charge >= 0.3 is 5.97 Å². The second-order valence-corrected chi connectivity index (χ2v) is 7.40. The molecule has 2 heterocycles. The Balaban J connectivity index is 1.25. The average Bonchev–Trinajstić information content (AvgIpc) is 3.35. The fourth-order valence-electron chi connectivity index (χ4n) is 4.03. The van der Waals surface area contributed by atoms with Crippen LogP contribution in [0, 0.1) is 5.92 Å². The number of fused-ring (bicyclic) bond motifs is 1. The largest absolute Gasteiger partial charge is 0.486 e. The van der Waals surface area contributed by atoms with Gasteiger partial charge in [0.15, 0.2) is 18.1 Å². The summed E-state index contributed by atoms with van der Waals surface area (Å²) in [5, 5.41) is 2.67. The van der Waals surface area contributed by atoms with E-state index in [1.54, 1.807) is 18.2 Å². The minimum Gasteiger partial charge on any atom is -0.486 e. The molecule has 1 atom stereocenters. The quantitative estimate of drug-likeness (QED) is 0.772. The molecule has 3 aliphatic rings. The summed E-state index contributed by atoms with van der Waals surface area (Å²) in [4.78, 5) is 38.4. The van der Waals surface area contributed by atoms with Gasteiger partial charge in [0.25, 0.3) is 5.91 Å². The van der Waals surface area contributed by atoms with Crippen LogP contribution in [-0.2, 0) is 19.1 Å². The van der Waals surface area contributed by atoms with Crippen LogP contribution in [-0.4, -0.2) is 55.1 Å². The molecule has 2 fully saturated rings. The van der Waals surface area contributed by atoms with Gasteiger partial charge in [-0.05, 0) is 25.0 Å². The van der Waals surface area contributed by atoms with Crippen LogP contribution in [0.15, 0.2) is 18.2 Å². The summed E-state index contributed by atoms with van der Waals surface area (Å²) in [5.41, 5.74) is 0.536. The number of carbonyl (C=O) groups excluding carboxylic acids is 3. The van der Waals surface area contributed by atoms with Crippen LogP contribution in [0.2, 0.25) is 0 Å². The van der Waals surface area contributed by atoms with Crippen molar-refractivity contribution in [2.75, 3.05) is 31.7 Å². The number of rotatable bonds is 5. The fourth-order valence-corrected chi connectivity index (χ4v) is 4.03. The Hall–Kier alpha value is -2.77. The Labute approximate surface area is 163 Å². The Morgan fingerprint density at radius 1 is 1.14 bits per heavy atom. The molecule has 1 aliphatic carbocycles. The van der Waals surface area contributed by atoms with E-state index in [4.69, 9.17) is 14.2 Å². The molecular weight excluding hydrogens is 364 g/mol. The summed E-state index contributed by atoms with van der Waals surface area (Å²) in [6.45, 7) is 0.962. The van der Waals surface area contributed by atoms with Gasteiger partial charge in [0.05, 0.1) is 5.92 Å². The van der Waals surface area contributed by atoms with Crippen molar-refractivity contribution in [2.24, 2.45) is 5.92 Å². The highest BCUT2D eigenvalue weighted by Gasteiger charge is 2.39. The maximum absolute atomic E-state index is 12.3. The van der Waals surface area contributed by atoms with Gasteiger partial charge in [0.2, 0.25) is 5.91 Å². The Kier molecular flexibility index (Phi) is 5.36. The predicted octanol–water partition coefficient (Wildman–Crippen LogP) is 1.73. The molecule has 2 amide bonds. The topological polar surface area (TPSA) is 94.2 Å². The van der Waals surface area contributed by atoms with E-state index in [1.807, 2.05) is 4.90 Å². The molecule has 8 heteroatoms. The highest BCUT2D eigenvalue weighted by atomic mass is 16.6. The third-order valence-electron chi connectivity index (χ3n) is 5.43. The molecule has 0 spiro atoms. The predicted molar refractivity (Wildman–Crippen MR) is 99.1 cm³/mol. The van der Waals surface area contributed by atoms with Gasteiger partial charge in [-0.1, -0.05) is 12.8 Å². The SMILES string of the molecule is O=C(COC(=O)[C@@H]1CC(=O)N(C2CCCC2)C1)Nc1ccc2c(c1)OCCO2. The molecule has 0 bridgehead atoms. The number of nitrogens with one attached hydrogen (secondary N) is 1. The van der Waals surface area contributed by atoms with Crippen LogP contribution in [0.4, 0.5) is 5.69 Å². The summed E-state index contributed by atoms with van der Waals surface area (Å²) in [5.74, 6) is -0.219. The van der Waals surface area contributed by atoms with E-state index in [0.717, 1.165) is 25.7 Å². The number of ether oxygens (including phenoxy) is 3. The zero-order valence-corrected chi connectivity index (χ0v) is 15.6. The van der Waals surface area contributed by atoms with E-state index >= 15 is 0 Å². The number of amides is 2. The smallest absolute Gasteiger partial charge is 0.311 e. The van der Waals surface area contributed by atoms with E-state index in [2.05, 4.69) is 5.32 Å². The fraction of sp³-hybridized carbons (Fsp3) is 0.550. The highest BCUT2D eigenvalue weighted by molar-refractivity contribution is 5.94. The van der Waals surface area contributed by atoms with E-state index in [9.17, 15) is 14.4 Å². The van der Waals surface area contributed by atoms with Crippen molar-refractivity contribution >= 4 is 23.5 Å². The van der Waals surface area contributed by atoms with E-state index < -0.39 is 17.8 Å². The minimum absolute atomic E-state index is 0.00887. The first-order chi connectivity index (χ1) is 13.6. The lowest BCUT2D eigenvalue weighted by atomic mass is 10.1. The van der Waals surface area contributed by atoms with Crippen molar-refractivity contribution in [3.8, 4) is 11.5 Å². The maximum atomic E-state index is 12.3. The maximum Gasteiger partial charge on any atom is 0.311 e. The number of benzene rings is 1. The zero-order chi connectivity index (χ0) is 19.5. The van der Waals surface area contributed by atoms with E-state index in [1.165, 1.54) is 0 Å². The number of hydrogen-bond acceptors (Lipinski definition) is 6. The van der Waals surface area contributed by atoms with Crippen LogP contribution in [0.1, 0.15) is 32.1 Å². The third-order valence-corrected chi connectivity index (χ3v) is 5.43. The van der Waals surface area contributed by atoms with Gasteiger partial charge in [-0.2, -0.15) is 0 Å². The van der Waals surface area contributed by atoms with Crippen molar-refractivity contribution in [1.82, 2.24) is 4.90 Å². The molecule has 0 radical (unpaired) electrons. The second kappa shape index (κ2) is 8.08. The number of likely N-dealkylation sites (tertiary alicyclic amines) is 1. The first-order valence-electron chi connectivity index (χ1n) is 9.76. The molecule has 28 heavy (non-hydrogen) atoms. The molecule has 8 nitrogen and oxygen atoms in total. The van der Waals surface area contributed by atoms with Gasteiger partial charge in [-0.3, -0.25) is 14.4 Å². The summed E-state index contributed by atoms with van der Waals surface area (Å²) >= 11 is 0. The van der Waals surface area contributed by atoms with Gasteiger partial charge in [0, 0.05) is 30.8 Å². The molecule has 1 aromatic rings. The van der Waals surface area contributed by atoms with E-state index in [0.29, 0.717) is 36.9 Å². The highest BCUT2D eigenvalue weighted by Crippen LogP contribution is 2.32. The summed E-state index contributed by atoms with van der Waals surface area (Å²) in [6, 6.07) is 5.34. The Morgan fingerprint density at radius 3 is 2.68 bits per heavy atom. The molecule has 4 rings (SSSR count). The van der Waals surface area contributed by atoms with Gasteiger partial charge in [0.1, 0.15) is 13.2 Å². The molecule has 1 aromatic carbocycles.